The van der Waals surface area contributed by atoms with Gasteiger partial charge >= 0.3 is 0 Å². The van der Waals surface area contributed by atoms with E-state index in [2.05, 4.69) is 42.2 Å². The predicted molar refractivity (Wildman–Crippen MR) is 92.3 cm³/mol. The van der Waals surface area contributed by atoms with Gasteiger partial charge < -0.3 is 4.90 Å². The lowest BCUT2D eigenvalue weighted by atomic mass is 10.1. The van der Waals surface area contributed by atoms with E-state index in [9.17, 15) is 4.79 Å². The topological polar surface area (TPSA) is 20.3 Å². The van der Waals surface area contributed by atoms with E-state index >= 15 is 0 Å². The largest absolute Gasteiger partial charge is 0.331 e. The zero-order valence-corrected chi connectivity index (χ0v) is 13.8. The Morgan fingerprint density at radius 2 is 2.10 bits per heavy atom. The fraction of sp³-hybridized carbons (Fsp3) is 0.353. The molecular weight excluding hydrogens is 298 g/mol. The van der Waals surface area contributed by atoms with Gasteiger partial charge in [0, 0.05) is 23.6 Å². The van der Waals surface area contributed by atoms with Crippen molar-refractivity contribution >= 4 is 39.6 Å². The maximum atomic E-state index is 12.1. The smallest absolute Gasteiger partial charge is 0.172 e. The van der Waals surface area contributed by atoms with Crippen LogP contribution in [-0.2, 0) is 0 Å². The summed E-state index contributed by atoms with van der Waals surface area (Å²) < 4.78 is 0. The van der Waals surface area contributed by atoms with Crippen LogP contribution < -0.4 is 4.90 Å². The quantitative estimate of drug-likeness (QED) is 0.692. The van der Waals surface area contributed by atoms with E-state index in [0.29, 0.717) is 6.42 Å². The molecule has 1 aromatic carbocycles. The fourth-order valence-corrected chi connectivity index (χ4v) is 4.49. The number of carbonyl (C=O) groups excluding carboxylic acids is 1. The molecule has 0 bridgehead atoms. The zero-order valence-electron chi connectivity index (χ0n) is 12.2. The Morgan fingerprint density at radius 3 is 2.95 bits per heavy atom. The van der Waals surface area contributed by atoms with E-state index in [1.807, 2.05) is 17.8 Å². The zero-order chi connectivity index (χ0) is 14.7. The molecule has 21 heavy (non-hydrogen) atoms. The number of rotatable bonds is 5. The molecule has 1 aromatic heterocycles. The molecule has 2 aromatic rings. The molecule has 1 aliphatic heterocycles. The van der Waals surface area contributed by atoms with E-state index in [-0.39, 0.29) is 5.78 Å². The van der Waals surface area contributed by atoms with Gasteiger partial charge in [-0.15, -0.1) is 23.1 Å². The Morgan fingerprint density at radius 1 is 1.24 bits per heavy atom. The van der Waals surface area contributed by atoms with Crippen molar-refractivity contribution in [3.63, 3.8) is 0 Å². The van der Waals surface area contributed by atoms with Gasteiger partial charge in [-0.05, 0) is 30.7 Å². The van der Waals surface area contributed by atoms with Crippen LogP contribution in [0, 0.1) is 0 Å². The molecule has 0 amide bonds. The molecule has 0 radical (unpaired) electrons. The molecule has 0 atom stereocenters. The highest BCUT2D eigenvalue weighted by atomic mass is 32.2. The maximum absolute atomic E-state index is 12.1. The number of hydrogen-bond donors (Lipinski definition) is 0. The Hall–Kier alpha value is -1.26. The highest BCUT2D eigenvalue weighted by molar-refractivity contribution is 7.99. The van der Waals surface area contributed by atoms with Crippen LogP contribution >= 0.6 is 23.1 Å². The second-order valence-electron chi connectivity index (χ2n) is 5.13. The Labute approximate surface area is 134 Å². The number of anilines is 2. The summed E-state index contributed by atoms with van der Waals surface area (Å²) in [6.07, 6.45) is 2.72. The van der Waals surface area contributed by atoms with Crippen LogP contribution in [0.15, 0.2) is 41.3 Å². The number of nitrogens with zero attached hydrogens (tertiary/aromatic N) is 1. The molecule has 110 valence electrons. The number of para-hydroxylation sites is 1. The lowest BCUT2D eigenvalue weighted by molar-refractivity contribution is 0.0983. The number of thiophene rings is 1. The lowest BCUT2D eigenvalue weighted by Crippen LogP contribution is -2.22. The van der Waals surface area contributed by atoms with Crippen LogP contribution in [-0.4, -0.2) is 18.1 Å². The number of carbonyl (C=O) groups is 1. The monoisotopic (exact) mass is 317 g/mol. The summed E-state index contributed by atoms with van der Waals surface area (Å²) in [6, 6.07) is 12.6. The molecule has 0 saturated heterocycles. The van der Waals surface area contributed by atoms with Gasteiger partial charge in [0.2, 0.25) is 0 Å². The normalized spacial score (nSPS) is 14.0. The van der Waals surface area contributed by atoms with Crippen LogP contribution in [0.4, 0.5) is 10.7 Å². The first-order valence-corrected chi connectivity index (χ1v) is 9.22. The van der Waals surface area contributed by atoms with Gasteiger partial charge in [0.15, 0.2) is 5.78 Å². The average molecular weight is 317 g/mol. The minimum Gasteiger partial charge on any atom is -0.331 e. The molecule has 3 rings (SSSR count). The van der Waals surface area contributed by atoms with E-state index in [1.54, 1.807) is 11.3 Å². The Balaban J connectivity index is 1.83. The Kier molecular flexibility index (Phi) is 4.66. The van der Waals surface area contributed by atoms with Crippen molar-refractivity contribution in [3.8, 4) is 0 Å². The number of ketones is 1. The first kappa shape index (κ1) is 14.7. The van der Waals surface area contributed by atoms with Gasteiger partial charge in [0.05, 0.1) is 15.6 Å². The molecular formula is C17H19NOS2. The van der Waals surface area contributed by atoms with Crippen LogP contribution in [0.3, 0.4) is 0 Å². The minimum absolute atomic E-state index is 0.285. The van der Waals surface area contributed by atoms with Crippen LogP contribution in [0.1, 0.15) is 35.9 Å². The lowest BCUT2D eigenvalue weighted by Gasteiger charge is -2.29. The van der Waals surface area contributed by atoms with Gasteiger partial charge in [-0.25, -0.2) is 0 Å². The SMILES string of the molecule is CCCCC(=O)c1ccc(N2CCSc3ccccc32)s1. The van der Waals surface area contributed by atoms with E-state index in [1.165, 1.54) is 15.6 Å². The van der Waals surface area contributed by atoms with Crippen molar-refractivity contribution in [3.05, 3.63) is 41.3 Å². The molecule has 0 fully saturated rings. The van der Waals surface area contributed by atoms with Crippen LogP contribution in [0.2, 0.25) is 0 Å². The number of benzene rings is 1. The summed E-state index contributed by atoms with van der Waals surface area (Å²) in [5.41, 5.74) is 1.27. The third-order valence-corrected chi connectivity index (χ3v) is 5.81. The highest BCUT2D eigenvalue weighted by Gasteiger charge is 2.20. The van der Waals surface area contributed by atoms with Crippen molar-refractivity contribution in [2.45, 2.75) is 31.1 Å². The summed E-state index contributed by atoms with van der Waals surface area (Å²) in [5, 5.41) is 1.18. The van der Waals surface area contributed by atoms with Gasteiger partial charge in [-0.2, -0.15) is 0 Å². The standard InChI is InChI=1S/C17H19NOS2/c1-2-3-7-14(19)16-9-10-17(21-16)18-11-12-20-15-8-5-4-6-13(15)18/h4-6,8-10H,2-3,7,11-12H2,1H3. The first-order valence-electron chi connectivity index (χ1n) is 7.42. The number of fused-ring (bicyclic) bond motifs is 1. The third-order valence-electron chi connectivity index (χ3n) is 3.62. The third kappa shape index (κ3) is 3.16. The van der Waals surface area contributed by atoms with Gasteiger partial charge in [-0.1, -0.05) is 25.5 Å². The van der Waals surface area contributed by atoms with Crippen LogP contribution in [0.5, 0.6) is 0 Å². The number of unbranched alkanes of at least 4 members (excludes halogenated alkanes) is 1. The number of Topliss-reactive ketones (excluding diaryl/α,β-unsaturated/α-hetero) is 1. The molecule has 0 spiro atoms. The summed E-state index contributed by atoms with van der Waals surface area (Å²) in [4.78, 5) is 16.7. The average Bonchev–Trinajstić information content (AvgIpc) is 3.02. The molecule has 2 heterocycles. The summed E-state index contributed by atoms with van der Waals surface area (Å²) in [5.74, 6) is 1.38. The molecule has 2 nitrogen and oxygen atoms in total. The fourth-order valence-electron chi connectivity index (χ4n) is 2.48. The van der Waals surface area contributed by atoms with Gasteiger partial charge in [-0.3, -0.25) is 4.79 Å². The second-order valence-corrected chi connectivity index (χ2v) is 7.33. The minimum atomic E-state index is 0.285. The molecule has 4 heteroatoms. The predicted octanol–water partition coefficient (Wildman–Crippen LogP) is 5.36. The molecule has 0 aliphatic carbocycles. The van der Waals surface area contributed by atoms with Crippen molar-refractivity contribution in [1.29, 1.82) is 0 Å². The van der Waals surface area contributed by atoms with Gasteiger partial charge in [0.25, 0.3) is 0 Å². The van der Waals surface area contributed by atoms with Crippen molar-refractivity contribution in [1.82, 2.24) is 0 Å². The Bertz CT molecular complexity index is 635. The summed E-state index contributed by atoms with van der Waals surface area (Å²) >= 11 is 3.54. The molecule has 0 unspecified atom stereocenters. The van der Waals surface area contributed by atoms with E-state index in [4.69, 9.17) is 0 Å². The summed E-state index contributed by atoms with van der Waals surface area (Å²) in [7, 11) is 0. The first-order chi connectivity index (χ1) is 10.3. The molecule has 0 saturated carbocycles. The molecule has 1 aliphatic rings. The highest BCUT2D eigenvalue weighted by Crippen LogP contribution is 2.41. The number of thioether (sulfide) groups is 1. The second kappa shape index (κ2) is 6.67. The van der Waals surface area contributed by atoms with Crippen molar-refractivity contribution in [2.24, 2.45) is 0 Å². The van der Waals surface area contributed by atoms with E-state index in [0.717, 1.165) is 30.0 Å². The number of hydrogen-bond acceptors (Lipinski definition) is 4. The van der Waals surface area contributed by atoms with Gasteiger partial charge in [0.1, 0.15) is 0 Å². The molecule has 0 N–H and O–H groups in total. The maximum Gasteiger partial charge on any atom is 0.172 e. The van der Waals surface area contributed by atoms with E-state index < -0.39 is 0 Å². The van der Waals surface area contributed by atoms with Crippen molar-refractivity contribution in [2.75, 3.05) is 17.2 Å². The summed E-state index contributed by atoms with van der Waals surface area (Å²) in [6.45, 7) is 3.13. The van der Waals surface area contributed by atoms with Crippen LogP contribution in [0.25, 0.3) is 0 Å². The van der Waals surface area contributed by atoms with Crippen molar-refractivity contribution < 1.29 is 4.79 Å².